The standard InChI is InChI=1S/C12H16N4O/c1-10(15-12(17)9-14-16-13)7-8-11-5-3-2-4-6-11/h2-6,10H,7-9H2,1H3,(H,15,17)/t10-/m1/s1. The van der Waals surface area contributed by atoms with Gasteiger partial charge in [-0.15, -0.1) is 0 Å². The first-order valence-corrected chi connectivity index (χ1v) is 5.56. The van der Waals surface area contributed by atoms with Crippen LogP contribution in [0.5, 0.6) is 0 Å². The summed E-state index contributed by atoms with van der Waals surface area (Å²) in [6.45, 7) is 1.81. The van der Waals surface area contributed by atoms with Gasteiger partial charge in [-0.25, -0.2) is 0 Å². The largest absolute Gasteiger partial charge is 0.354 e. The number of nitrogens with zero attached hydrogens (tertiary/aromatic N) is 3. The lowest BCUT2D eigenvalue weighted by atomic mass is 10.1. The van der Waals surface area contributed by atoms with Gasteiger partial charge in [0.2, 0.25) is 5.91 Å². The summed E-state index contributed by atoms with van der Waals surface area (Å²) in [5.74, 6) is -0.233. The van der Waals surface area contributed by atoms with Crippen molar-refractivity contribution in [3.8, 4) is 0 Å². The minimum atomic E-state index is -0.233. The molecule has 5 heteroatoms. The maximum absolute atomic E-state index is 11.2. The second-order valence-corrected chi connectivity index (χ2v) is 3.88. The van der Waals surface area contributed by atoms with Crippen LogP contribution in [0.15, 0.2) is 35.4 Å². The van der Waals surface area contributed by atoms with E-state index in [1.165, 1.54) is 5.56 Å². The Kier molecular flexibility index (Phi) is 5.61. The number of azide groups is 1. The van der Waals surface area contributed by atoms with Crippen LogP contribution in [0.2, 0.25) is 0 Å². The minimum absolute atomic E-state index is 0.0802. The van der Waals surface area contributed by atoms with Gasteiger partial charge in [-0.05, 0) is 30.9 Å². The maximum atomic E-state index is 11.2. The monoisotopic (exact) mass is 232 g/mol. The van der Waals surface area contributed by atoms with Gasteiger partial charge >= 0.3 is 0 Å². The van der Waals surface area contributed by atoms with Gasteiger partial charge in [-0.3, -0.25) is 4.79 Å². The maximum Gasteiger partial charge on any atom is 0.226 e. The molecular formula is C12H16N4O. The Labute approximate surface area is 100 Å². The van der Waals surface area contributed by atoms with Crippen molar-refractivity contribution in [3.63, 3.8) is 0 Å². The number of aryl methyl sites for hydroxylation is 1. The number of carbonyl (C=O) groups is 1. The molecule has 0 saturated heterocycles. The molecule has 1 N–H and O–H groups in total. The molecule has 0 bridgehead atoms. The van der Waals surface area contributed by atoms with Crippen LogP contribution in [-0.4, -0.2) is 18.5 Å². The van der Waals surface area contributed by atoms with Crippen molar-refractivity contribution in [2.24, 2.45) is 5.11 Å². The molecule has 0 spiro atoms. The molecule has 0 radical (unpaired) electrons. The van der Waals surface area contributed by atoms with Crippen molar-refractivity contribution in [1.29, 1.82) is 0 Å². The molecule has 1 aromatic carbocycles. The Hall–Kier alpha value is -2.00. The quantitative estimate of drug-likeness (QED) is 0.456. The van der Waals surface area contributed by atoms with Gasteiger partial charge in [-0.2, -0.15) is 0 Å². The Bertz CT molecular complexity index is 398. The van der Waals surface area contributed by atoms with Crippen molar-refractivity contribution in [3.05, 3.63) is 46.3 Å². The Morgan fingerprint density at radius 3 is 2.82 bits per heavy atom. The van der Waals surface area contributed by atoms with E-state index in [1.54, 1.807) is 0 Å². The molecule has 1 amide bonds. The third kappa shape index (κ3) is 5.58. The first kappa shape index (κ1) is 13.1. The van der Waals surface area contributed by atoms with Crippen molar-refractivity contribution in [2.45, 2.75) is 25.8 Å². The fourth-order valence-electron chi connectivity index (χ4n) is 1.52. The first-order valence-electron chi connectivity index (χ1n) is 5.56. The SMILES string of the molecule is C[C@H](CCc1ccccc1)NC(=O)CN=[N+]=[N-]. The topological polar surface area (TPSA) is 77.9 Å². The summed E-state index contributed by atoms with van der Waals surface area (Å²) in [5, 5.41) is 5.99. The van der Waals surface area contributed by atoms with Crippen molar-refractivity contribution < 1.29 is 4.79 Å². The van der Waals surface area contributed by atoms with E-state index in [9.17, 15) is 4.79 Å². The molecule has 0 aliphatic carbocycles. The average molecular weight is 232 g/mol. The normalized spacial score (nSPS) is 11.4. The molecule has 0 aliphatic rings. The highest BCUT2D eigenvalue weighted by Gasteiger charge is 2.06. The Balaban J connectivity index is 2.28. The first-order chi connectivity index (χ1) is 8.22. The van der Waals surface area contributed by atoms with Crippen LogP contribution in [0.25, 0.3) is 10.4 Å². The Morgan fingerprint density at radius 2 is 2.18 bits per heavy atom. The molecule has 1 aromatic rings. The lowest BCUT2D eigenvalue weighted by Crippen LogP contribution is -2.34. The molecule has 0 fully saturated rings. The third-order valence-electron chi connectivity index (χ3n) is 2.39. The van der Waals surface area contributed by atoms with Crippen LogP contribution >= 0.6 is 0 Å². The summed E-state index contributed by atoms with van der Waals surface area (Å²) in [5.41, 5.74) is 9.33. The second-order valence-electron chi connectivity index (χ2n) is 3.88. The number of nitrogens with one attached hydrogen (secondary N) is 1. The fraction of sp³-hybridized carbons (Fsp3) is 0.417. The van der Waals surface area contributed by atoms with Crippen molar-refractivity contribution in [1.82, 2.24) is 5.32 Å². The van der Waals surface area contributed by atoms with E-state index in [-0.39, 0.29) is 18.5 Å². The van der Waals surface area contributed by atoms with Crippen LogP contribution in [0.1, 0.15) is 18.9 Å². The molecule has 0 heterocycles. The van der Waals surface area contributed by atoms with E-state index in [4.69, 9.17) is 5.53 Å². The number of hydrogen-bond acceptors (Lipinski definition) is 2. The zero-order valence-corrected chi connectivity index (χ0v) is 9.84. The van der Waals surface area contributed by atoms with E-state index in [0.717, 1.165) is 12.8 Å². The van der Waals surface area contributed by atoms with Crippen LogP contribution in [-0.2, 0) is 11.2 Å². The van der Waals surface area contributed by atoms with E-state index in [1.807, 2.05) is 25.1 Å². The van der Waals surface area contributed by atoms with Gasteiger partial charge in [0.25, 0.3) is 0 Å². The van der Waals surface area contributed by atoms with Gasteiger partial charge in [0.05, 0.1) is 0 Å². The molecular weight excluding hydrogens is 216 g/mol. The van der Waals surface area contributed by atoms with Gasteiger partial charge in [0.15, 0.2) is 0 Å². The average Bonchev–Trinajstić information content (AvgIpc) is 2.35. The van der Waals surface area contributed by atoms with Crippen LogP contribution in [0.3, 0.4) is 0 Å². The molecule has 0 saturated carbocycles. The second kappa shape index (κ2) is 7.30. The lowest BCUT2D eigenvalue weighted by molar-refractivity contribution is -0.120. The van der Waals surface area contributed by atoms with Gasteiger partial charge in [0, 0.05) is 11.0 Å². The minimum Gasteiger partial charge on any atom is -0.354 e. The third-order valence-corrected chi connectivity index (χ3v) is 2.39. The van der Waals surface area contributed by atoms with Gasteiger partial charge in [-0.1, -0.05) is 35.4 Å². The number of rotatable bonds is 6. The molecule has 0 aromatic heterocycles. The fourth-order valence-corrected chi connectivity index (χ4v) is 1.52. The van der Waals surface area contributed by atoms with E-state index in [0.29, 0.717) is 0 Å². The highest BCUT2D eigenvalue weighted by atomic mass is 16.1. The zero-order valence-electron chi connectivity index (χ0n) is 9.84. The molecule has 1 atom stereocenters. The Morgan fingerprint density at radius 1 is 1.47 bits per heavy atom. The molecule has 0 unspecified atom stereocenters. The predicted octanol–water partition coefficient (Wildman–Crippen LogP) is 2.43. The number of benzene rings is 1. The van der Waals surface area contributed by atoms with Crippen LogP contribution in [0, 0.1) is 0 Å². The van der Waals surface area contributed by atoms with Crippen LogP contribution in [0.4, 0.5) is 0 Å². The highest BCUT2D eigenvalue weighted by molar-refractivity contribution is 5.78. The van der Waals surface area contributed by atoms with E-state index < -0.39 is 0 Å². The molecule has 17 heavy (non-hydrogen) atoms. The van der Waals surface area contributed by atoms with E-state index >= 15 is 0 Å². The summed E-state index contributed by atoms with van der Waals surface area (Å²) in [4.78, 5) is 13.8. The summed E-state index contributed by atoms with van der Waals surface area (Å²) >= 11 is 0. The van der Waals surface area contributed by atoms with E-state index in [2.05, 4.69) is 27.5 Å². The summed E-state index contributed by atoms with van der Waals surface area (Å²) < 4.78 is 0. The molecule has 0 aliphatic heterocycles. The molecule has 1 rings (SSSR count). The smallest absolute Gasteiger partial charge is 0.226 e. The van der Waals surface area contributed by atoms with Crippen molar-refractivity contribution in [2.75, 3.05) is 6.54 Å². The van der Waals surface area contributed by atoms with Crippen molar-refractivity contribution >= 4 is 5.91 Å². The zero-order chi connectivity index (χ0) is 12.5. The number of hydrogen-bond donors (Lipinski definition) is 1. The molecule has 90 valence electrons. The number of amides is 1. The van der Waals surface area contributed by atoms with Gasteiger partial charge < -0.3 is 5.32 Å². The lowest BCUT2D eigenvalue weighted by Gasteiger charge is -2.12. The summed E-state index contributed by atoms with van der Waals surface area (Å²) in [7, 11) is 0. The highest BCUT2D eigenvalue weighted by Crippen LogP contribution is 2.04. The summed E-state index contributed by atoms with van der Waals surface area (Å²) in [6.07, 6.45) is 1.79. The number of carbonyl (C=O) groups excluding carboxylic acids is 1. The summed E-state index contributed by atoms with van der Waals surface area (Å²) in [6, 6.07) is 10.2. The van der Waals surface area contributed by atoms with Gasteiger partial charge in [0.1, 0.15) is 6.54 Å². The predicted molar refractivity (Wildman–Crippen MR) is 66.4 cm³/mol. The van der Waals surface area contributed by atoms with Crippen LogP contribution < -0.4 is 5.32 Å². The molecule has 5 nitrogen and oxygen atoms in total.